The van der Waals surface area contributed by atoms with Gasteiger partial charge in [0.1, 0.15) is 0 Å². The Hall–Kier alpha value is -2.84. The topological polar surface area (TPSA) is 73.2 Å². The summed E-state index contributed by atoms with van der Waals surface area (Å²) >= 11 is 6.00. The van der Waals surface area contributed by atoms with Gasteiger partial charge in [-0.3, -0.25) is 9.59 Å². The van der Waals surface area contributed by atoms with Crippen LogP contribution in [0.25, 0.3) is 0 Å². The normalized spacial score (nSPS) is 9.88. The van der Waals surface area contributed by atoms with Gasteiger partial charge in [0.25, 0.3) is 0 Å². The third-order valence-electron chi connectivity index (χ3n) is 3.38. The van der Waals surface area contributed by atoms with E-state index in [4.69, 9.17) is 16.9 Å². The summed E-state index contributed by atoms with van der Waals surface area (Å²) in [6.45, 7) is 1.63. The van der Waals surface area contributed by atoms with Gasteiger partial charge in [0.2, 0.25) is 11.8 Å². The van der Waals surface area contributed by atoms with Crippen LogP contribution in [0.5, 0.6) is 0 Å². The maximum Gasteiger partial charge on any atom is 0.226 e. The van der Waals surface area contributed by atoms with Gasteiger partial charge in [-0.25, -0.2) is 0 Å². The van der Waals surface area contributed by atoms with E-state index in [0.717, 1.165) is 0 Å². The monoisotopic (exact) mass is 341 g/mol. The van der Waals surface area contributed by atoms with Gasteiger partial charge in [-0.2, -0.15) is 5.26 Å². The molecule has 6 heteroatoms. The molecule has 0 aliphatic rings. The lowest BCUT2D eigenvalue weighted by Crippen LogP contribution is -2.32. The van der Waals surface area contributed by atoms with Crippen LogP contribution in [0, 0.1) is 11.3 Å². The number of anilines is 2. The van der Waals surface area contributed by atoms with E-state index in [0.29, 0.717) is 22.0 Å². The second kappa shape index (κ2) is 8.14. The number of nitrogens with one attached hydrogen (secondary N) is 1. The molecule has 0 radical (unpaired) electrons. The van der Waals surface area contributed by atoms with Crippen molar-refractivity contribution in [2.24, 2.45) is 0 Å². The number of para-hydroxylation sites is 1. The quantitative estimate of drug-likeness (QED) is 0.903. The lowest BCUT2D eigenvalue weighted by Gasteiger charge is -2.21. The number of hydrogen-bond donors (Lipinski definition) is 1. The highest BCUT2D eigenvalue weighted by molar-refractivity contribution is 6.33. The van der Waals surface area contributed by atoms with Crippen molar-refractivity contribution in [2.75, 3.05) is 16.8 Å². The third-order valence-corrected chi connectivity index (χ3v) is 3.71. The van der Waals surface area contributed by atoms with Gasteiger partial charge in [0.05, 0.1) is 22.3 Å². The van der Waals surface area contributed by atoms with Crippen molar-refractivity contribution < 1.29 is 9.59 Å². The minimum Gasteiger partial charge on any atom is -0.325 e. The Bertz CT molecular complexity index is 799. The second-order valence-corrected chi connectivity index (χ2v) is 5.52. The van der Waals surface area contributed by atoms with E-state index < -0.39 is 0 Å². The van der Waals surface area contributed by atoms with E-state index in [1.54, 1.807) is 48.5 Å². The molecule has 2 aromatic rings. The molecule has 0 spiro atoms. The molecule has 5 nitrogen and oxygen atoms in total. The first-order valence-corrected chi connectivity index (χ1v) is 7.71. The molecule has 0 aromatic heterocycles. The van der Waals surface area contributed by atoms with E-state index in [2.05, 4.69) is 5.32 Å². The minimum atomic E-state index is -0.245. The molecule has 0 aliphatic heterocycles. The summed E-state index contributed by atoms with van der Waals surface area (Å²) in [5.41, 5.74) is 1.58. The molecule has 24 heavy (non-hydrogen) atoms. The summed E-state index contributed by atoms with van der Waals surface area (Å²) < 4.78 is 0. The fraction of sp³-hybridized carbons (Fsp3) is 0.167. The Morgan fingerprint density at radius 1 is 1.21 bits per heavy atom. The minimum absolute atomic E-state index is 0.113. The van der Waals surface area contributed by atoms with Gasteiger partial charge in [-0.15, -0.1) is 0 Å². The van der Waals surface area contributed by atoms with Crippen molar-refractivity contribution in [1.82, 2.24) is 0 Å². The van der Waals surface area contributed by atoms with Crippen molar-refractivity contribution in [2.45, 2.75) is 13.3 Å². The number of hydrogen-bond acceptors (Lipinski definition) is 3. The SMILES string of the molecule is CC(=O)N(CCC(=O)Nc1ccccc1Cl)c1cccc(C#N)c1. The average Bonchev–Trinajstić information content (AvgIpc) is 2.57. The summed E-state index contributed by atoms with van der Waals surface area (Å²) in [5, 5.41) is 12.1. The second-order valence-electron chi connectivity index (χ2n) is 5.11. The van der Waals surface area contributed by atoms with E-state index in [1.807, 2.05) is 6.07 Å². The van der Waals surface area contributed by atoms with Gasteiger partial charge >= 0.3 is 0 Å². The molecule has 2 rings (SSSR count). The Morgan fingerprint density at radius 2 is 1.96 bits per heavy atom. The number of amides is 2. The van der Waals surface area contributed by atoms with Gasteiger partial charge in [-0.05, 0) is 30.3 Å². The highest BCUT2D eigenvalue weighted by Crippen LogP contribution is 2.21. The van der Waals surface area contributed by atoms with E-state index >= 15 is 0 Å². The van der Waals surface area contributed by atoms with Crippen molar-refractivity contribution >= 4 is 34.8 Å². The summed E-state index contributed by atoms with van der Waals surface area (Å²) in [6, 6.07) is 15.7. The molecule has 0 bridgehead atoms. The average molecular weight is 342 g/mol. The zero-order valence-electron chi connectivity index (χ0n) is 13.1. The Kier molecular flexibility index (Phi) is 5.94. The third kappa shape index (κ3) is 4.58. The zero-order chi connectivity index (χ0) is 17.5. The Balaban J connectivity index is 2.04. The number of carbonyl (C=O) groups excluding carboxylic acids is 2. The summed E-state index contributed by atoms with van der Waals surface area (Å²) in [6.07, 6.45) is 0.113. The first kappa shape index (κ1) is 17.5. The summed E-state index contributed by atoms with van der Waals surface area (Å²) in [5.74, 6) is -0.443. The van der Waals surface area contributed by atoms with Crippen LogP contribution in [-0.4, -0.2) is 18.4 Å². The molecule has 0 unspecified atom stereocenters. The number of carbonyl (C=O) groups is 2. The van der Waals surface area contributed by atoms with Crippen LogP contribution in [0.3, 0.4) is 0 Å². The molecular weight excluding hydrogens is 326 g/mol. The summed E-state index contributed by atoms with van der Waals surface area (Å²) in [4.78, 5) is 25.4. The number of nitrogens with zero attached hydrogens (tertiary/aromatic N) is 2. The van der Waals surface area contributed by atoms with Crippen LogP contribution in [-0.2, 0) is 9.59 Å². The van der Waals surface area contributed by atoms with E-state index in [-0.39, 0.29) is 24.8 Å². The lowest BCUT2D eigenvalue weighted by molar-refractivity contribution is -0.117. The van der Waals surface area contributed by atoms with Crippen molar-refractivity contribution in [3.05, 3.63) is 59.1 Å². The highest BCUT2D eigenvalue weighted by atomic mass is 35.5. The molecule has 0 heterocycles. The van der Waals surface area contributed by atoms with Crippen molar-refractivity contribution in [1.29, 1.82) is 5.26 Å². The van der Waals surface area contributed by atoms with Gasteiger partial charge < -0.3 is 10.2 Å². The first-order chi connectivity index (χ1) is 11.5. The summed E-state index contributed by atoms with van der Waals surface area (Å²) in [7, 11) is 0. The molecule has 1 N–H and O–H groups in total. The number of nitriles is 1. The maximum atomic E-state index is 12.1. The Morgan fingerprint density at radius 3 is 2.62 bits per heavy atom. The molecule has 2 aromatic carbocycles. The fourth-order valence-corrected chi connectivity index (χ4v) is 2.38. The van der Waals surface area contributed by atoms with Crippen LogP contribution >= 0.6 is 11.6 Å². The molecule has 0 fully saturated rings. The number of rotatable bonds is 5. The van der Waals surface area contributed by atoms with E-state index in [9.17, 15) is 9.59 Å². The first-order valence-electron chi connectivity index (χ1n) is 7.34. The molecular formula is C18H16ClN3O2. The van der Waals surface area contributed by atoms with E-state index in [1.165, 1.54) is 11.8 Å². The van der Waals surface area contributed by atoms with Crippen LogP contribution in [0.4, 0.5) is 11.4 Å². The molecule has 122 valence electrons. The standard InChI is InChI=1S/C18H16ClN3O2/c1-13(23)22(15-6-4-5-14(11-15)12-20)10-9-18(24)21-17-8-3-2-7-16(17)19/h2-8,11H,9-10H2,1H3,(H,21,24). The van der Waals surface area contributed by atoms with Gasteiger partial charge in [0.15, 0.2) is 0 Å². The van der Waals surface area contributed by atoms with Crippen LogP contribution in [0.1, 0.15) is 18.9 Å². The van der Waals surface area contributed by atoms with Gasteiger partial charge in [0, 0.05) is 25.6 Å². The molecule has 0 atom stereocenters. The van der Waals surface area contributed by atoms with Crippen LogP contribution in [0.15, 0.2) is 48.5 Å². The van der Waals surface area contributed by atoms with Crippen molar-refractivity contribution in [3.8, 4) is 6.07 Å². The Labute approximate surface area is 145 Å². The molecule has 0 saturated heterocycles. The fourth-order valence-electron chi connectivity index (χ4n) is 2.20. The molecule has 0 aliphatic carbocycles. The largest absolute Gasteiger partial charge is 0.325 e. The van der Waals surface area contributed by atoms with Crippen molar-refractivity contribution in [3.63, 3.8) is 0 Å². The maximum absolute atomic E-state index is 12.1. The number of halogens is 1. The predicted molar refractivity (Wildman–Crippen MR) is 93.9 cm³/mol. The van der Waals surface area contributed by atoms with Crippen LogP contribution in [0.2, 0.25) is 5.02 Å². The molecule has 0 saturated carbocycles. The smallest absolute Gasteiger partial charge is 0.226 e. The van der Waals surface area contributed by atoms with Crippen LogP contribution < -0.4 is 10.2 Å². The zero-order valence-corrected chi connectivity index (χ0v) is 13.9. The lowest BCUT2D eigenvalue weighted by atomic mass is 10.2. The number of benzene rings is 2. The van der Waals surface area contributed by atoms with Gasteiger partial charge in [-0.1, -0.05) is 29.8 Å². The highest BCUT2D eigenvalue weighted by Gasteiger charge is 2.14. The predicted octanol–water partition coefficient (Wildman–Crippen LogP) is 3.59. The molecule has 2 amide bonds.